The number of amides is 1. The molecule has 0 aliphatic rings. The van der Waals surface area contributed by atoms with Crippen molar-refractivity contribution in [1.82, 2.24) is 0 Å². The Morgan fingerprint density at radius 3 is 2.28 bits per heavy atom. The molecule has 29 heavy (non-hydrogen) atoms. The molecule has 150 valence electrons. The molecule has 0 saturated carbocycles. The van der Waals surface area contributed by atoms with Crippen molar-refractivity contribution in [3.63, 3.8) is 0 Å². The number of ether oxygens (including phenoxy) is 1. The second-order valence-corrected chi connectivity index (χ2v) is 6.58. The molecule has 0 unspecified atom stereocenters. The number of carbonyl (C=O) groups excluding carboxylic acids is 1. The molecular formula is C19H11F4NO4S. The molecule has 2 aromatic carbocycles. The third kappa shape index (κ3) is 3.66. The zero-order valence-electron chi connectivity index (χ0n) is 14.6. The average molecular weight is 425 g/mol. The van der Waals surface area contributed by atoms with Crippen LogP contribution in [0.4, 0.5) is 23.2 Å². The van der Waals surface area contributed by atoms with Crippen molar-refractivity contribution in [3.05, 3.63) is 69.4 Å². The van der Waals surface area contributed by atoms with E-state index in [0.29, 0.717) is 11.3 Å². The van der Waals surface area contributed by atoms with Crippen molar-refractivity contribution >= 4 is 28.9 Å². The van der Waals surface area contributed by atoms with E-state index in [2.05, 4.69) is 0 Å². The van der Waals surface area contributed by atoms with Gasteiger partial charge in [0.15, 0.2) is 23.3 Å². The summed E-state index contributed by atoms with van der Waals surface area (Å²) in [5.41, 5.74) is -2.92. The van der Waals surface area contributed by atoms with E-state index < -0.39 is 56.8 Å². The van der Waals surface area contributed by atoms with E-state index in [1.54, 1.807) is 5.32 Å². The number of anilines is 1. The molecule has 0 fully saturated rings. The highest BCUT2D eigenvalue weighted by Crippen LogP contribution is 2.36. The molecule has 0 spiro atoms. The number of methoxy groups -OCH3 is 1. The minimum absolute atomic E-state index is 0.180. The minimum atomic E-state index is -1.83. The zero-order valence-corrected chi connectivity index (χ0v) is 15.4. The van der Waals surface area contributed by atoms with Crippen molar-refractivity contribution in [2.45, 2.75) is 0 Å². The number of benzene rings is 2. The van der Waals surface area contributed by atoms with Crippen LogP contribution >= 0.6 is 11.3 Å². The third-order valence-corrected chi connectivity index (χ3v) is 4.87. The molecule has 1 heterocycles. The summed E-state index contributed by atoms with van der Waals surface area (Å²) >= 11 is 0.707. The van der Waals surface area contributed by atoms with Crippen molar-refractivity contribution in [2.75, 3.05) is 12.4 Å². The predicted molar refractivity (Wildman–Crippen MR) is 97.5 cm³/mol. The molecule has 1 amide bonds. The van der Waals surface area contributed by atoms with Crippen LogP contribution in [0.5, 0.6) is 5.75 Å². The van der Waals surface area contributed by atoms with Gasteiger partial charge in [-0.15, -0.1) is 11.3 Å². The number of thiophene rings is 1. The number of carboxylic acid groups (broad SMARTS) is 1. The van der Waals surface area contributed by atoms with E-state index in [4.69, 9.17) is 9.84 Å². The summed E-state index contributed by atoms with van der Waals surface area (Å²) < 4.78 is 63.0. The average Bonchev–Trinajstić information content (AvgIpc) is 3.20. The molecular weight excluding hydrogens is 414 g/mol. The summed E-state index contributed by atoms with van der Waals surface area (Å²) in [6, 6.07) is 6.37. The fourth-order valence-corrected chi connectivity index (χ4v) is 3.34. The predicted octanol–water partition coefficient (Wildman–Crippen LogP) is 4.93. The van der Waals surface area contributed by atoms with Crippen molar-refractivity contribution < 1.29 is 37.0 Å². The largest absolute Gasteiger partial charge is 0.497 e. The molecule has 3 rings (SSSR count). The first-order valence-corrected chi connectivity index (χ1v) is 8.76. The fraction of sp³-hybridized carbons (Fsp3) is 0.0526. The Kier molecular flexibility index (Phi) is 5.55. The maximum atomic E-state index is 14.6. The van der Waals surface area contributed by atoms with Gasteiger partial charge < -0.3 is 15.2 Å². The molecule has 0 aliphatic carbocycles. The molecule has 0 saturated heterocycles. The Balaban J connectivity index is 2.07. The maximum absolute atomic E-state index is 14.6. The second-order valence-electron chi connectivity index (χ2n) is 5.66. The lowest BCUT2D eigenvalue weighted by Crippen LogP contribution is -2.18. The standard InChI is InChI=1S/C19H11F4NO4S/c1-28-9-4-2-3-8(7-9)11-12(20)14(22)16(15(23)13(11)21)24-18(25)10-5-6-29-17(10)19(26)27/h2-7H,1H3,(H,24,25)(H,26,27). The van der Waals surface area contributed by atoms with Crippen LogP contribution in [0.1, 0.15) is 20.0 Å². The molecule has 0 radical (unpaired) electrons. The molecule has 5 nitrogen and oxygen atoms in total. The van der Waals surface area contributed by atoms with Crippen molar-refractivity contribution in [2.24, 2.45) is 0 Å². The van der Waals surface area contributed by atoms with Gasteiger partial charge in [0.05, 0.1) is 18.2 Å². The lowest BCUT2D eigenvalue weighted by molar-refractivity contribution is 0.0698. The zero-order chi connectivity index (χ0) is 21.3. The Bertz CT molecular complexity index is 1100. The number of hydrogen-bond donors (Lipinski definition) is 2. The van der Waals surface area contributed by atoms with Gasteiger partial charge in [0.1, 0.15) is 16.3 Å². The van der Waals surface area contributed by atoms with Crippen LogP contribution in [0.2, 0.25) is 0 Å². The lowest BCUT2D eigenvalue weighted by atomic mass is 10.0. The van der Waals surface area contributed by atoms with Gasteiger partial charge in [-0.2, -0.15) is 0 Å². The number of aromatic carboxylic acids is 1. The Labute approximate surface area is 165 Å². The summed E-state index contributed by atoms with van der Waals surface area (Å²) in [5, 5.41) is 12.0. The summed E-state index contributed by atoms with van der Waals surface area (Å²) in [6.45, 7) is 0. The van der Waals surface area contributed by atoms with E-state index >= 15 is 0 Å². The SMILES string of the molecule is COc1cccc(-c2c(F)c(F)c(NC(=O)c3ccsc3C(=O)O)c(F)c2F)c1. The number of rotatable bonds is 5. The van der Waals surface area contributed by atoms with Crippen LogP contribution in [0.3, 0.4) is 0 Å². The number of carboxylic acids is 1. The molecule has 0 aliphatic heterocycles. The molecule has 0 bridgehead atoms. The highest BCUT2D eigenvalue weighted by Gasteiger charge is 2.29. The van der Waals surface area contributed by atoms with Gasteiger partial charge in [-0.25, -0.2) is 22.4 Å². The smallest absolute Gasteiger partial charge is 0.346 e. The third-order valence-electron chi connectivity index (χ3n) is 3.96. The van der Waals surface area contributed by atoms with Crippen LogP contribution in [0.25, 0.3) is 11.1 Å². The van der Waals surface area contributed by atoms with E-state index in [0.717, 1.165) is 6.07 Å². The Hall–Kier alpha value is -3.40. The molecule has 3 aromatic rings. The maximum Gasteiger partial charge on any atom is 0.346 e. The summed E-state index contributed by atoms with van der Waals surface area (Å²) in [7, 11) is 1.31. The van der Waals surface area contributed by atoms with Gasteiger partial charge in [-0.3, -0.25) is 4.79 Å². The topological polar surface area (TPSA) is 75.6 Å². The Morgan fingerprint density at radius 2 is 1.69 bits per heavy atom. The van der Waals surface area contributed by atoms with Gasteiger partial charge in [0.2, 0.25) is 0 Å². The Morgan fingerprint density at radius 1 is 1.03 bits per heavy atom. The molecule has 2 N–H and O–H groups in total. The first-order valence-electron chi connectivity index (χ1n) is 7.88. The van der Waals surface area contributed by atoms with E-state index in [-0.39, 0.29) is 11.3 Å². The van der Waals surface area contributed by atoms with Crippen molar-refractivity contribution in [1.29, 1.82) is 0 Å². The lowest BCUT2D eigenvalue weighted by Gasteiger charge is -2.13. The van der Waals surface area contributed by atoms with Crippen LogP contribution in [0, 0.1) is 23.3 Å². The van der Waals surface area contributed by atoms with E-state index in [1.807, 2.05) is 0 Å². The number of carbonyl (C=O) groups is 2. The molecule has 1 aromatic heterocycles. The molecule has 0 atom stereocenters. The quantitative estimate of drug-likeness (QED) is 0.449. The highest BCUT2D eigenvalue weighted by atomic mass is 32.1. The summed E-state index contributed by atoms with van der Waals surface area (Å²) in [5.74, 6) is -9.57. The van der Waals surface area contributed by atoms with Gasteiger partial charge in [0.25, 0.3) is 5.91 Å². The van der Waals surface area contributed by atoms with E-state index in [9.17, 15) is 27.2 Å². The summed E-state index contributed by atoms with van der Waals surface area (Å²) in [4.78, 5) is 22.9. The van der Waals surface area contributed by atoms with Gasteiger partial charge in [-0.05, 0) is 29.1 Å². The van der Waals surface area contributed by atoms with Gasteiger partial charge >= 0.3 is 5.97 Å². The van der Waals surface area contributed by atoms with Crippen LogP contribution in [0.15, 0.2) is 35.7 Å². The van der Waals surface area contributed by atoms with Gasteiger partial charge in [-0.1, -0.05) is 12.1 Å². The number of nitrogens with one attached hydrogen (secondary N) is 1. The summed E-state index contributed by atoms with van der Waals surface area (Å²) in [6.07, 6.45) is 0. The van der Waals surface area contributed by atoms with Crippen LogP contribution in [-0.4, -0.2) is 24.1 Å². The van der Waals surface area contributed by atoms with E-state index in [1.165, 1.54) is 36.8 Å². The number of halogens is 4. The monoisotopic (exact) mass is 425 g/mol. The second kappa shape index (κ2) is 7.92. The molecule has 10 heteroatoms. The fourth-order valence-electron chi connectivity index (χ4n) is 2.61. The number of hydrogen-bond acceptors (Lipinski definition) is 4. The normalized spacial score (nSPS) is 10.7. The first kappa shape index (κ1) is 20.3. The highest BCUT2D eigenvalue weighted by molar-refractivity contribution is 7.12. The van der Waals surface area contributed by atoms with Crippen molar-refractivity contribution in [3.8, 4) is 16.9 Å². The minimum Gasteiger partial charge on any atom is -0.497 e. The van der Waals surface area contributed by atoms with Crippen LogP contribution < -0.4 is 10.1 Å². The van der Waals surface area contributed by atoms with Gasteiger partial charge in [0, 0.05) is 0 Å². The first-order chi connectivity index (χ1) is 13.8. The van der Waals surface area contributed by atoms with Crippen LogP contribution in [-0.2, 0) is 0 Å².